The van der Waals surface area contributed by atoms with Crippen molar-refractivity contribution < 1.29 is 31.1 Å². The van der Waals surface area contributed by atoms with E-state index >= 15 is 0 Å². The van der Waals surface area contributed by atoms with Gasteiger partial charge < -0.3 is 0 Å². The molecule has 0 bridgehead atoms. The number of carbonyl (C=O) groups is 1. The third kappa shape index (κ3) is 2.37. The van der Waals surface area contributed by atoms with Crippen molar-refractivity contribution in [2.45, 2.75) is 0 Å². The molecule has 0 saturated carbocycles. The average Bonchev–Trinajstić information content (AvgIpc) is 2.41. The van der Waals surface area contributed by atoms with Crippen LogP contribution in [0, 0.1) is 34.9 Å². The van der Waals surface area contributed by atoms with Crippen LogP contribution in [0.15, 0.2) is 18.2 Å². The first-order valence-corrected chi connectivity index (χ1v) is 5.65. The summed E-state index contributed by atoms with van der Waals surface area (Å²) in [4.78, 5) is 10.8. The molecular formula is C13H3ClF6O. The van der Waals surface area contributed by atoms with Crippen LogP contribution in [0.2, 0.25) is 0 Å². The highest BCUT2D eigenvalue weighted by Crippen LogP contribution is 2.34. The summed E-state index contributed by atoms with van der Waals surface area (Å²) in [5, 5.41) is -1.77. The zero-order valence-electron chi connectivity index (χ0n) is 9.79. The van der Waals surface area contributed by atoms with Crippen LogP contribution in [0.1, 0.15) is 10.4 Å². The van der Waals surface area contributed by atoms with E-state index in [-0.39, 0.29) is 0 Å². The maximum Gasteiger partial charge on any atom is 0.258 e. The lowest BCUT2D eigenvalue weighted by molar-refractivity contribution is 0.107. The second kappa shape index (κ2) is 5.40. The van der Waals surface area contributed by atoms with Crippen LogP contribution < -0.4 is 0 Å². The van der Waals surface area contributed by atoms with Crippen molar-refractivity contribution in [1.82, 2.24) is 0 Å². The lowest BCUT2D eigenvalue weighted by Crippen LogP contribution is -2.09. The van der Waals surface area contributed by atoms with Crippen LogP contribution in [0.4, 0.5) is 26.3 Å². The highest BCUT2D eigenvalue weighted by atomic mass is 35.5. The van der Waals surface area contributed by atoms with Gasteiger partial charge in [-0.05, 0) is 17.7 Å². The molecule has 0 fully saturated rings. The predicted octanol–water partition coefficient (Wildman–Crippen LogP) is 4.57. The van der Waals surface area contributed by atoms with Crippen molar-refractivity contribution in [2.75, 3.05) is 0 Å². The van der Waals surface area contributed by atoms with Gasteiger partial charge in [0, 0.05) is 5.56 Å². The highest BCUT2D eigenvalue weighted by Gasteiger charge is 2.30. The van der Waals surface area contributed by atoms with Gasteiger partial charge in [-0.1, -0.05) is 12.1 Å². The maximum atomic E-state index is 13.8. The van der Waals surface area contributed by atoms with E-state index in [1.165, 1.54) is 0 Å². The Bertz CT molecular complexity index is 730. The standard InChI is InChI=1S/C13H3ClF6O/c14-13(21)7-11(19)9(17)6(10(18)12(7)20)4-2-1-3-5(15)8(4)16/h1-3H. The Balaban J connectivity index is 2.89. The molecule has 0 radical (unpaired) electrons. The molecule has 8 heteroatoms. The summed E-state index contributed by atoms with van der Waals surface area (Å²) in [5.74, 6) is -11.5. The van der Waals surface area contributed by atoms with Gasteiger partial charge in [0.25, 0.3) is 5.24 Å². The van der Waals surface area contributed by atoms with Crippen LogP contribution in [0.5, 0.6) is 0 Å². The molecule has 0 heterocycles. The summed E-state index contributed by atoms with van der Waals surface area (Å²) in [6.07, 6.45) is 0. The Morgan fingerprint density at radius 3 is 1.81 bits per heavy atom. The molecule has 0 aliphatic rings. The molecule has 1 nitrogen and oxygen atoms in total. The molecule has 2 aromatic carbocycles. The van der Waals surface area contributed by atoms with Crippen molar-refractivity contribution in [3.63, 3.8) is 0 Å². The van der Waals surface area contributed by atoms with Crippen LogP contribution in [-0.4, -0.2) is 5.24 Å². The topological polar surface area (TPSA) is 17.1 Å². The van der Waals surface area contributed by atoms with E-state index in [0.29, 0.717) is 6.07 Å². The van der Waals surface area contributed by atoms with Gasteiger partial charge in [0.1, 0.15) is 5.56 Å². The lowest BCUT2D eigenvalue weighted by Gasteiger charge is -2.11. The Kier molecular flexibility index (Phi) is 3.95. The van der Waals surface area contributed by atoms with Crippen molar-refractivity contribution >= 4 is 16.8 Å². The van der Waals surface area contributed by atoms with Gasteiger partial charge in [0.15, 0.2) is 34.9 Å². The predicted molar refractivity (Wildman–Crippen MR) is 61.8 cm³/mol. The zero-order chi connectivity index (χ0) is 15.9. The van der Waals surface area contributed by atoms with Crippen LogP contribution in [-0.2, 0) is 0 Å². The minimum absolute atomic E-state index is 0.651. The van der Waals surface area contributed by atoms with Gasteiger partial charge in [-0.15, -0.1) is 0 Å². The molecule has 0 unspecified atom stereocenters. The van der Waals surface area contributed by atoms with Crippen molar-refractivity contribution in [3.05, 3.63) is 58.7 Å². The van der Waals surface area contributed by atoms with Crippen molar-refractivity contribution in [2.24, 2.45) is 0 Å². The van der Waals surface area contributed by atoms with E-state index in [4.69, 9.17) is 11.6 Å². The Morgan fingerprint density at radius 2 is 1.33 bits per heavy atom. The fourth-order valence-corrected chi connectivity index (χ4v) is 1.90. The minimum atomic E-state index is -2.09. The van der Waals surface area contributed by atoms with Crippen LogP contribution in [0.3, 0.4) is 0 Å². The number of hydrogen-bond donors (Lipinski definition) is 0. The van der Waals surface area contributed by atoms with E-state index in [1.807, 2.05) is 0 Å². The van der Waals surface area contributed by atoms with E-state index in [0.717, 1.165) is 12.1 Å². The summed E-state index contributed by atoms with van der Waals surface area (Å²) < 4.78 is 81.3. The molecule has 0 atom stereocenters. The average molecular weight is 325 g/mol. The molecule has 0 aliphatic heterocycles. The summed E-state index contributed by atoms with van der Waals surface area (Å²) in [7, 11) is 0. The van der Waals surface area contributed by atoms with Gasteiger partial charge in [0.05, 0.1) is 5.56 Å². The SMILES string of the molecule is O=C(Cl)c1c(F)c(F)c(-c2cccc(F)c2F)c(F)c1F. The first-order valence-electron chi connectivity index (χ1n) is 5.27. The third-order valence-corrected chi connectivity index (χ3v) is 2.87. The zero-order valence-corrected chi connectivity index (χ0v) is 10.5. The summed E-state index contributed by atoms with van der Waals surface area (Å²) in [6.45, 7) is 0. The molecule has 110 valence electrons. The largest absolute Gasteiger partial charge is 0.275 e. The second-order valence-electron chi connectivity index (χ2n) is 3.88. The Hall–Kier alpha value is -2.02. The molecule has 0 aliphatic carbocycles. The molecule has 0 N–H and O–H groups in total. The molecule has 0 aromatic heterocycles. The molecular weight excluding hydrogens is 322 g/mol. The van der Waals surface area contributed by atoms with Gasteiger partial charge in [-0.2, -0.15) is 0 Å². The minimum Gasteiger partial charge on any atom is -0.275 e. The van der Waals surface area contributed by atoms with Crippen molar-refractivity contribution in [3.8, 4) is 11.1 Å². The van der Waals surface area contributed by atoms with Gasteiger partial charge in [0.2, 0.25) is 0 Å². The van der Waals surface area contributed by atoms with E-state index in [9.17, 15) is 31.1 Å². The third-order valence-electron chi connectivity index (χ3n) is 2.68. The fraction of sp³-hybridized carbons (Fsp3) is 0. The number of hydrogen-bond acceptors (Lipinski definition) is 1. The summed E-state index contributed by atoms with van der Waals surface area (Å²) >= 11 is 4.83. The van der Waals surface area contributed by atoms with Gasteiger partial charge in [-0.3, -0.25) is 4.79 Å². The Labute approximate surface area is 118 Å². The lowest BCUT2D eigenvalue weighted by atomic mass is 10.0. The molecule has 21 heavy (non-hydrogen) atoms. The summed E-state index contributed by atoms with van der Waals surface area (Å²) in [6, 6.07) is 2.27. The number of rotatable bonds is 2. The monoisotopic (exact) mass is 324 g/mol. The second-order valence-corrected chi connectivity index (χ2v) is 4.22. The smallest absolute Gasteiger partial charge is 0.258 e. The van der Waals surface area contributed by atoms with Crippen molar-refractivity contribution in [1.29, 1.82) is 0 Å². The van der Waals surface area contributed by atoms with Gasteiger partial charge >= 0.3 is 0 Å². The normalized spacial score (nSPS) is 10.8. The summed E-state index contributed by atoms with van der Waals surface area (Å²) in [5.41, 5.74) is -4.15. The van der Waals surface area contributed by atoms with Crippen LogP contribution >= 0.6 is 11.6 Å². The molecule has 2 aromatic rings. The van der Waals surface area contributed by atoms with E-state index in [2.05, 4.69) is 0 Å². The number of carbonyl (C=O) groups excluding carboxylic acids is 1. The highest BCUT2D eigenvalue weighted by molar-refractivity contribution is 6.67. The Morgan fingerprint density at radius 1 is 0.810 bits per heavy atom. The van der Waals surface area contributed by atoms with Gasteiger partial charge in [-0.25, -0.2) is 26.3 Å². The maximum absolute atomic E-state index is 13.8. The molecule has 2 rings (SSSR count). The fourth-order valence-electron chi connectivity index (χ4n) is 1.74. The first-order chi connectivity index (χ1) is 9.77. The first kappa shape index (κ1) is 15.4. The quantitative estimate of drug-likeness (QED) is 0.449. The van der Waals surface area contributed by atoms with Crippen LogP contribution in [0.25, 0.3) is 11.1 Å². The van der Waals surface area contributed by atoms with E-state index < -0.39 is 56.8 Å². The molecule has 0 amide bonds. The number of halogens is 7. The van der Waals surface area contributed by atoms with E-state index in [1.54, 1.807) is 0 Å². The molecule has 0 spiro atoms. The number of benzene rings is 2. The molecule has 0 saturated heterocycles.